The topological polar surface area (TPSA) is 42.2 Å². The van der Waals surface area contributed by atoms with Crippen molar-refractivity contribution in [2.24, 2.45) is 0 Å². The van der Waals surface area contributed by atoms with Gasteiger partial charge in [0, 0.05) is 10.9 Å². The van der Waals surface area contributed by atoms with E-state index < -0.39 is 0 Å². The molecule has 0 aliphatic heterocycles. The van der Waals surface area contributed by atoms with Gasteiger partial charge in [0.1, 0.15) is 11.5 Å². The molecule has 0 unspecified atom stereocenters. The molecule has 3 nitrogen and oxygen atoms in total. The number of benzene rings is 2. The average molecular weight is 332 g/mol. The van der Waals surface area contributed by atoms with E-state index in [1.54, 1.807) is 12.1 Å². The van der Waals surface area contributed by atoms with Crippen LogP contribution in [0.15, 0.2) is 53.0 Å². The molecule has 4 heteroatoms. The highest BCUT2D eigenvalue weighted by Gasteiger charge is 1.97. The number of hydrogen-bond donors (Lipinski definition) is 0. The molecule has 0 saturated carbocycles. The van der Waals surface area contributed by atoms with Gasteiger partial charge in [-0.05, 0) is 42.5 Å². The molecule has 0 spiro atoms. The van der Waals surface area contributed by atoms with E-state index in [4.69, 9.17) is 14.7 Å². The van der Waals surface area contributed by atoms with Crippen LogP contribution in [0.25, 0.3) is 0 Å². The van der Waals surface area contributed by atoms with Gasteiger partial charge in [0.15, 0.2) is 0 Å². The maximum Gasteiger partial charge on any atom is 0.120 e. The molecule has 0 aliphatic rings. The largest absolute Gasteiger partial charge is 0.493 e. The first-order valence-electron chi connectivity index (χ1n) is 6.29. The summed E-state index contributed by atoms with van der Waals surface area (Å²) in [5.74, 6) is 1.56. The maximum absolute atomic E-state index is 8.79. The van der Waals surface area contributed by atoms with Gasteiger partial charge >= 0.3 is 0 Å². The van der Waals surface area contributed by atoms with Gasteiger partial charge in [-0.3, -0.25) is 0 Å². The fourth-order valence-electron chi connectivity index (χ4n) is 1.63. The number of nitrogens with zero attached hydrogens (tertiary/aromatic N) is 1. The molecule has 0 aromatic heterocycles. The Labute approximate surface area is 126 Å². The van der Waals surface area contributed by atoms with Crippen LogP contribution in [-0.4, -0.2) is 13.2 Å². The van der Waals surface area contributed by atoms with Crippen molar-refractivity contribution in [3.8, 4) is 17.6 Å². The predicted molar refractivity (Wildman–Crippen MR) is 80.9 cm³/mol. The SMILES string of the molecule is N#Cc1cccc(OCCCOc2ccc(Br)cc2)c1. The van der Waals surface area contributed by atoms with Gasteiger partial charge in [0.2, 0.25) is 0 Å². The van der Waals surface area contributed by atoms with Crippen molar-refractivity contribution < 1.29 is 9.47 Å². The first kappa shape index (κ1) is 14.4. The van der Waals surface area contributed by atoms with Crippen molar-refractivity contribution in [1.82, 2.24) is 0 Å². The Balaban J connectivity index is 1.69. The highest BCUT2D eigenvalue weighted by atomic mass is 79.9. The minimum Gasteiger partial charge on any atom is -0.493 e. The third kappa shape index (κ3) is 4.60. The van der Waals surface area contributed by atoms with E-state index in [1.807, 2.05) is 36.4 Å². The first-order valence-corrected chi connectivity index (χ1v) is 7.08. The van der Waals surface area contributed by atoms with E-state index in [1.165, 1.54) is 0 Å². The highest BCUT2D eigenvalue weighted by molar-refractivity contribution is 9.10. The zero-order valence-corrected chi connectivity index (χ0v) is 12.5. The Morgan fingerprint density at radius 2 is 1.65 bits per heavy atom. The van der Waals surface area contributed by atoms with Gasteiger partial charge in [-0.2, -0.15) is 5.26 Å². The van der Waals surface area contributed by atoms with Crippen molar-refractivity contribution in [3.63, 3.8) is 0 Å². The quantitative estimate of drug-likeness (QED) is 0.746. The maximum atomic E-state index is 8.79. The monoisotopic (exact) mass is 331 g/mol. The Hall–Kier alpha value is -1.99. The Morgan fingerprint density at radius 3 is 2.35 bits per heavy atom. The van der Waals surface area contributed by atoms with E-state index in [0.29, 0.717) is 24.5 Å². The summed E-state index contributed by atoms with van der Waals surface area (Å²) in [6.45, 7) is 1.16. The molecule has 2 rings (SSSR count). The van der Waals surface area contributed by atoms with Gasteiger partial charge in [-0.1, -0.05) is 22.0 Å². The Morgan fingerprint density at radius 1 is 0.950 bits per heavy atom. The van der Waals surface area contributed by atoms with Crippen LogP contribution in [0.2, 0.25) is 0 Å². The van der Waals surface area contributed by atoms with Crippen molar-refractivity contribution in [3.05, 3.63) is 58.6 Å². The summed E-state index contributed by atoms with van der Waals surface area (Å²) in [7, 11) is 0. The van der Waals surface area contributed by atoms with Crippen molar-refractivity contribution >= 4 is 15.9 Å². The van der Waals surface area contributed by atoms with Crippen molar-refractivity contribution in [1.29, 1.82) is 5.26 Å². The number of halogens is 1. The van der Waals surface area contributed by atoms with Crippen LogP contribution in [0.5, 0.6) is 11.5 Å². The third-order valence-electron chi connectivity index (χ3n) is 2.60. The van der Waals surface area contributed by atoms with Crippen molar-refractivity contribution in [2.75, 3.05) is 13.2 Å². The molecular weight excluding hydrogens is 318 g/mol. The van der Waals surface area contributed by atoms with E-state index in [2.05, 4.69) is 22.0 Å². The smallest absolute Gasteiger partial charge is 0.120 e. The molecule has 20 heavy (non-hydrogen) atoms. The fourth-order valence-corrected chi connectivity index (χ4v) is 1.89. The molecule has 0 heterocycles. The third-order valence-corrected chi connectivity index (χ3v) is 3.13. The second-order valence-corrected chi connectivity index (χ2v) is 5.06. The Bertz CT molecular complexity index is 590. The number of rotatable bonds is 6. The second-order valence-electron chi connectivity index (χ2n) is 4.14. The zero-order valence-electron chi connectivity index (χ0n) is 10.9. The average Bonchev–Trinajstić information content (AvgIpc) is 2.49. The summed E-state index contributed by atoms with van der Waals surface area (Å²) in [5, 5.41) is 8.79. The summed E-state index contributed by atoms with van der Waals surface area (Å²) in [5.41, 5.74) is 0.605. The number of nitriles is 1. The summed E-state index contributed by atoms with van der Waals surface area (Å²) < 4.78 is 12.2. The van der Waals surface area contributed by atoms with Gasteiger partial charge < -0.3 is 9.47 Å². The lowest BCUT2D eigenvalue weighted by molar-refractivity contribution is 0.247. The molecule has 0 amide bonds. The fraction of sp³-hybridized carbons (Fsp3) is 0.188. The van der Waals surface area contributed by atoms with E-state index >= 15 is 0 Å². The minimum absolute atomic E-state index is 0.561. The molecule has 0 aliphatic carbocycles. The molecule has 0 radical (unpaired) electrons. The van der Waals surface area contributed by atoms with Gasteiger partial charge in [0.05, 0.1) is 24.8 Å². The van der Waals surface area contributed by atoms with Crippen LogP contribution >= 0.6 is 15.9 Å². The Kier molecular flexibility index (Phi) is 5.45. The van der Waals surface area contributed by atoms with Crippen molar-refractivity contribution in [2.45, 2.75) is 6.42 Å². The van der Waals surface area contributed by atoms with Crippen LogP contribution in [0.3, 0.4) is 0 Å². The normalized spacial score (nSPS) is 9.80. The first-order chi connectivity index (χ1) is 9.78. The molecule has 0 atom stereocenters. The summed E-state index contributed by atoms with van der Waals surface area (Å²) in [6, 6.07) is 17.0. The molecule has 2 aromatic carbocycles. The minimum atomic E-state index is 0.561. The van der Waals surface area contributed by atoms with Gasteiger partial charge in [-0.25, -0.2) is 0 Å². The van der Waals surface area contributed by atoms with Crippen LogP contribution in [0.1, 0.15) is 12.0 Å². The van der Waals surface area contributed by atoms with Crippen LogP contribution < -0.4 is 9.47 Å². The molecular formula is C16H14BrNO2. The van der Waals surface area contributed by atoms with E-state index in [9.17, 15) is 0 Å². The second kappa shape index (κ2) is 7.56. The lowest BCUT2D eigenvalue weighted by Crippen LogP contribution is -2.05. The molecule has 0 saturated heterocycles. The lowest BCUT2D eigenvalue weighted by Gasteiger charge is -2.08. The van der Waals surface area contributed by atoms with Gasteiger partial charge in [0.25, 0.3) is 0 Å². The van der Waals surface area contributed by atoms with Gasteiger partial charge in [-0.15, -0.1) is 0 Å². The summed E-state index contributed by atoms with van der Waals surface area (Å²) in [4.78, 5) is 0. The zero-order chi connectivity index (χ0) is 14.2. The van der Waals surface area contributed by atoms with E-state index in [-0.39, 0.29) is 0 Å². The highest BCUT2D eigenvalue weighted by Crippen LogP contribution is 2.16. The van der Waals surface area contributed by atoms with Crippen LogP contribution in [0, 0.1) is 11.3 Å². The lowest BCUT2D eigenvalue weighted by atomic mass is 10.2. The molecule has 102 valence electrons. The summed E-state index contributed by atoms with van der Waals surface area (Å²) >= 11 is 3.38. The number of ether oxygens (including phenoxy) is 2. The number of hydrogen-bond acceptors (Lipinski definition) is 3. The standard InChI is InChI=1S/C16H14BrNO2/c17-14-5-7-15(8-6-14)19-9-2-10-20-16-4-1-3-13(11-16)12-18/h1,3-8,11H,2,9-10H2. The predicted octanol–water partition coefficient (Wildman–Crippen LogP) is 4.17. The molecule has 2 aromatic rings. The molecule has 0 N–H and O–H groups in total. The molecule has 0 bridgehead atoms. The van der Waals surface area contributed by atoms with Crippen LogP contribution in [0.4, 0.5) is 0 Å². The van der Waals surface area contributed by atoms with Crippen LogP contribution in [-0.2, 0) is 0 Å². The van der Waals surface area contributed by atoms with E-state index in [0.717, 1.165) is 16.6 Å². The summed E-state index contributed by atoms with van der Waals surface area (Å²) in [6.07, 6.45) is 0.785. The molecule has 0 fully saturated rings.